The lowest BCUT2D eigenvalue weighted by molar-refractivity contribution is 0.619. The van der Waals surface area contributed by atoms with E-state index in [1.165, 1.54) is 11.1 Å². The fourth-order valence-corrected chi connectivity index (χ4v) is 8.28. The Hall–Kier alpha value is -7.96. The Bertz CT molecular complexity index is 3570. The molecule has 0 aliphatic heterocycles. The number of hydrogen-bond acceptors (Lipinski definition) is 6. The van der Waals surface area contributed by atoms with Gasteiger partial charge in [-0.1, -0.05) is 127 Å². The molecule has 0 N–H and O–H groups in total. The first kappa shape index (κ1) is 32.3. The SMILES string of the molecule is c1ccc(-c2ccc3cc(-c4nc(-c5ccc6ccccc6c5)nc(-c5cccc6c5ccc5oc7ccc8oc(-c9ccccc9)nc8c7c56)n4)ccc3c2)cc1. The lowest BCUT2D eigenvalue weighted by Gasteiger charge is -2.12. The molecule has 0 amide bonds. The van der Waals surface area contributed by atoms with E-state index in [1.807, 2.05) is 54.6 Å². The largest absolute Gasteiger partial charge is 0.456 e. The van der Waals surface area contributed by atoms with Crippen LogP contribution in [-0.2, 0) is 0 Å². The Kier molecular flexibility index (Phi) is 7.13. The van der Waals surface area contributed by atoms with Gasteiger partial charge in [0.2, 0.25) is 5.89 Å². The first-order valence-corrected chi connectivity index (χ1v) is 19.3. The molecule has 0 saturated carbocycles. The van der Waals surface area contributed by atoms with Gasteiger partial charge < -0.3 is 8.83 Å². The summed E-state index contributed by atoms with van der Waals surface area (Å²) in [5.41, 5.74) is 9.01. The second-order valence-electron chi connectivity index (χ2n) is 14.6. The molecule has 0 unspecified atom stereocenters. The molecule has 6 heteroatoms. The van der Waals surface area contributed by atoms with Crippen molar-refractivity contribution in [3.05, 3.63) is 182 Å². The van der Waals surface area contributed by atoms with Crippen molar-refractivity contribution in [2.24, 2.45) is 0 Å². The smallest absolute Gasteiger partial charge is 0.227 e. The van der Waals surface area contributed by atoms with E-state index >= 15 is 0 Å². The van der Waals surface area contributed by atoms with Crippen molar-refractivity contribution >= 4 is 65.4 Å². The number of rotatable bonds is 5. The van der Waals surface area contributed by atoms with Gasteiger partial charge in [0.05, 0.1) is 5.39 Å². The number of hydrogen-bond donors (Lipinski definition) is 0. The molecule has 0 saturated heterocycles. The summed E-state index contributed by atoms with van der Waals surface area (Å²) in [6.07, 6.45) is 0. The van der Waals surface area contributed by atoms with Crippen molar-refractivity contribution < 1.29 is 8.83 Å². The number of nitrogens with zero attached hydrogens (tertiary/aromatic N) is 4. The van der Waals surface area contributed by atoms with Crippen molar-refractivity contribution in [3.63, 3.8) is 0 Å². The summed E-state index contributed by atoms with van der Waals surface area (Å²) in [7, 11) is 0. The van der Waals surface area contributed by atoms with Crippen LogP contribution in [0, 0.1) is 0 Å². The van der Waals surface area contributed by atoms with Crippen LogP contribution < -0.4 is 0 Å². The minimum absolute atomic E-state index is 0.572. The summed E-state index contributed by atoms with van der Waals surface area (Å²) >= 11 is 0. The lowest BCUT2D eigenvalue weighted by atomic mass is 9.98. The van der Waals surface area contributed by atoms with Crippen LogP contribution in [0.1, 0.15) is 0 Å². The molecule has 0 bridgehead atoms. The monoisotopic (exact) mass is 742 g/mol. The molecule has 12 rings (SSSR count). The number of furan rings is 1. The van der Waals surface area contributed by atoms with E-state index in [0.717, 1.165) is 82.0 Å². The second-order valence-corrected chi connectivity index (χ2v) is 14.6. The summed E-state index contributed by atoms with van der Waals surface area (Å²) in [6, 6.07) is 62.5. The van der Waals surface area contributed by atoms with Crippen LogP contribution in [0.25, 0.3) is 122 Å². The molecule has 0 fully saturated rings. The number of aromatic nitrogens is 4. The highest BCUT2D eigenvalue weighted by Gasteiger charge is 2.21. The van der Waals surface area contributed by atoms with Gasteiger partial charge in [0.15, 0.2) is 23.1 Å². The first-order valence-electron chi connectivity index (χ1n) is 19.3. The third kappa shape index (κ3) is 5.27. The van der Waals surface area contributed by atoms with Crippen LogP contribution >= 0.6 is 0 Å². The Morgan fingerprint density at radius 3 is 1.64 bits per heavy atom. The van der Waals surface area contributed by atoms with Gasteiger partial charge in [-0.05, 0) is 98.0 Å². The maximum Gasteiger partial charge on any atom is 0.227 e. The number of oxazole rings is 1. The van der Waals surface area contributed by atoms with Crippen LogP contribution in [0.2, 0.25) is 0 Å². The fraction of sp³-hybridized carbons (Fsp3) is 0. The molecule has 0 atom stereocenters. The highest BCUT2D eigenvalue weighted by Crippen LogP contribution is 2.42. The Labute approximate surface area is 331 Å². The summed E-state index contributed by atoms with van der Waals surface area (Å²) < 4.78 is 12.8. The minimum atomic E-state index is 0.572. The topological polar surface area (TPSA) is 77.8 Å². The summed E-state index contributed by atoms with van der Waals surface area (Å²) in [5.74, 6) is 2.37. The molecule has 9 aromatic carbocycles. The molecule has 0 radical (unpaired) electrons. The lowest BCUT2D eigenvalue weighted by Crippen LogP contribution is -2.00. The molecular formula is C52H30N4O2. The zero-order valence-corrected chi connectivity index (χ0v) is 30.9. The van der Waals surface area contributed by atoms with Gasteiger partial charge in [0.25, 0.3) is 0 Å². The third-order valence-electron chi connectivity index (χ3n) is 11.1. The average molecular weight is 743 g/mol. The maximum absolute atomic E-state index is 6.46. The van der Waals surface area contributed by atoms with Gasteiger partial charge >= 0.3 is 0 Å². The molecule has 3 aromatic heterocycles. The van der Waals surface area contributed by atoms with Crippen LogP contribution in [0.15, 0.2) is 191 Å². The van der Waals surface area contributed by atoms with Crippen molar-refractivity contribution in [2.45, 2.75) is 0 Å². The van der Waals surface area contributed by atoms with Crippen molar-refractivity contribution in [3.8, 4) is 56.7 Å². The van der Waals surface area contributed by atoms with Crippen molar-refractivity contribution in [1.29, 1.82) is 0 Å². The Balaban J connectivity index is 1.06. The number of benzene rings is 9. The zero-order valence-electron chi connectivity index (χ0n) is 30.9. The second kappa shape index (κ2) is 12.8. The van der Waals surface area contributed by atoms with Crippen molar-refractivity contribution in [1.82, 2.24) is 19.9 Å². The van der Waals surface area contributed by atoms with E-state index in [-0.39, 0.29) is 0 Å². The Morgan fingerprint density at radius 1 is 0.310 bits per heavy atom. The van der Waals surface area contributed by atoms with Crippen LogP contribution in [0.5, 0.6) is 0 Å². The van der Waals surface area contributed by atoms with Gasteiger partial charge in [0, 0.05) is 27.6 Å². The van der Waals surface area contributed by atoms with Crippen LogP contribution in [0.4, 0.5) is 0 Å². The summed E-state index contributed by atoms with van der Waals surface area (Å²) in [4.78, 5) is 20.6. The zero-order chi connectivity index (χ0) is 38.2. The molecule has 58 heavy (non-hydrogen) atoms. The predicted octanol–water partition coefficient (Wildman–Crippen LogP) is 13.7. The van der Waals surface area contributed by atoms with Crippen molar-refractivity contribution in [2.75, 3.05) is 0 Å². The molecule has 0 aliphatic carbocycles. The normalized spacial score (nSPS) is 11.8. The van der Waals surface area contributed by atoms with Gasteiger partial charge in [-0.25, -0.2) is 19.9 Å². The average Bonchev–Trinajstić information content (AvgIpc) is 3.91. The van der Waals surface area contributed by atoms with E-state index in [0.29, 0.717) is 28.9 Å². The van der Waals surface area contributed by atoms with Crippen LogP contribution in [-0.4, -0.2) is 19.9 Å². The van der Waals surface area contributed by atoms with Gasteiger partial charge in [0.1, 0.15) is 16.7 Å². The van der Waals surface area contributed by atoms with E-state index in [4.69, 9.17) is 28.8 Å². The highest BCUT2D eigenvalue weighted by atomic mass is 16.4. The Morgan fingerprint density at radius 2 is 0.879 bits per heavy atom. The fourth-order valence-electron chi connectivity index (χ4n) is 8.28. The van der Waals surface area contributed by atoms with E-state index in [9.17, 15) is 0 Å². The van der Waals surface area contributed by atoms with Gasteiger partial charge in [-0.15, -0.1) is 0 Å². The molecule has 6 nitrogen and oxygen atoms in total. The summed E-state index contributed by atoms with van der Waals surface area (Å²) in [5, 5.41) is 8.44. The molecule has 270 valence electrons. The standard InChI is InChI=1S/C52H30N4O2/c1-3-10-31(11-4-1)35-19-20-37-30-39(23-21-36(37)28-35)50-54-49(38-22-18-32-12-7-8-15-34(32)29-38)55-51(56-50)42-17-9-16-41-40(42)24-25-43-46(41)47-44(57-43)26-27-45-48(47)53-52(58-45)33-13-5-2-6-14-33/h1-30H. The van der Waals surface area contributed by atoms with E-state index in [2.05, 4.69) is 127 Å². The van der Waals surface area contributed by atoms with Crippen LogP contribution in [0.3, 0.4) is 0 Å². The summed E-state index contributed by atoms with van der Waals surface area (Å²) in [6.45, 7) is 0. The molecule has 0 aliphatic rings. The predicted molar refractivity (Wildman–Crippen MR) is 234 cm³/mol. The quantitative estimate of drug-likeness (QED) is 0.175. The van der Waals surface area contributed by atoms with E-state index < -0.39 is 0 Å². The van der Waals surface area contributed by atoms with Gasteiger partial charge in [-0.2, -0.15) is 0 Å². The first-order chi connectivity index (χ1) is 28.7. The third-order valence-corrected chi connectivity index (χ3v) is 11.1. The molecule has 3 heterocycles. The number of fused-ring (bicyclic) bond motifs is 9. The maximum atomic E-state index is 6.46. The molecular weight excluding hydrogens is 713 g/mol. The van der Waals surface area contributed by atoms with Gasteiger partial charge in [-0.3, -0.25) is 0 Å². The molecule has 12 aromatic rings. The van der Waals surface area contributed by atoms with E-state index in [1.54, 1.807) is 0 Å². The molecule has 0 spiro atoms. The highest BCUT2D eigenvalue weighted by molar-refractivity contribution is 6.26. The minimum Gasteiger partial charge on any atom is -0.456 e.